The number of halogens is 1. The van der Waals surface area contributed by atoms with Crippen LogP contribution in [0.2, 0.25) is 5.02 Å². The maximum Gasteiger partial charge on any atom is 0.0438 e. The largest absolute Gasteiger partial charge is 0.310 e. The lowest BCUT2D eigenvalue weighted by Crippen LogP contribution is -2.23. The fourth-order valence-electron chi connectivity index (χ4n) is 2.64. The number of rotatable bonds is 10. The predicted octanol–water partition coefficient (Wildman–Crippen LogP) is 6.05. The minimum Gasteiger partial charge on any atom is -0.310 e. The summed E-state index contributed by atoms with van der Waals surface area (Å²) in [5, 5.41) is 4.57. The molecule has 114 valence electrons. The number of hydrogen-bond donors (Lipinski definition) is 1. The fourth-order valence-corrected chi connectivity index (χ4v) is 2.82. The molecule has 0 heterocycles. The molecule has 2 heteroatoms. The van der Waals surface area contributed by atoms with Crippen molar-refractivity contribution in [1.29, 1.82) is 0 Å². The summed E-state index contributed by atoms with van der Waals surface area (Å²) < 4.78 is 0. The summed E-state index contributed by atoms with van der Waals surface area (Å²) in [6, 6.07) is 6.73. The molecule has 0 saturated carbocycles. The van der Waals surface area contributed by atoms with Gasteiger partial charge in [0.15, 0.2) is 0 Å². The second kappa shape index (κ2) is 10.2. The van der Waals surface area contributed by atoms with E-state index in [1.807, 2.05) is 6.07 Å². The molecule has 1 unspecified atom stereocenters. The third-order valence-electron chi connectivity index (χ3n) is 3.92. The average Bonchev–Trinajstić information content (AvgIpc) is 2.45. The van der Waals surface area contributed by atoms with E-state index in [0.717, 1.165) is 11.6 Å². The van der Waals surface area contributed by atoms with Crippen molar-refractivity contribution in [2.24, 2.45) is 0 Å². The van der Waals surface area contributed by atoms with Crippen molar-refractivity contribution in [2.75, 3.05) is 6.54 Å². The zero-order chi connectivity index (χ0) is 14.8. The van der Waals surface area contributed by atoms with Gasteiger partial charge in [0.05, 0.1) is 0 Å². The van der Waals surface area contributed by atoms with Gasteiger partial charge >= 0.3 is 0 Å². The number of hydrogen-bond acceptors (Lipinski definition) is 1. The minimum atomic E-state index is 0.454. The predicted molar refractivity (Wildman–Crippen MR) is 90.6 cm³/mol. The van der Waals surface area contributed by atoms with Crippen LogP contribution in [0, 0.1) is 6.92 Å². The van der Waals surface area contributed by atoms with Gasteiger partial charge in [-0.2, -0.15) is 0 Å². The van der Waals surface area contributed by atoms with Crippen LogP contribution in [0.25, 0.3) is 0 Å². The molecule has 0 aromatic heterocycles. The normalized spacial score (nSPS) is 12.6. The molecule has 1 nitrogen and oxygen atoms in total. The molecule has 0 bridgehead atoms. The molecule has 0 aliphatic carbocycles. The van der Waals surface area contributed by atoms with Gasteiger partial charge in [0.2, 0.25) is 0 Å². The van der Waals surface area contributed by atoms with Gasteiger partial charge in [-0.15, -0.1) is 0 Å². The molecule has 1 N–H and O–H groups in total. The van der Waals surface area contributed by atoms with Crippen LogP contribution in [0.3, 0.4) is 0 Å². The van der Waals surface area contributed by atoms with Crippen LogP contribution in [-0.4, -0.2) is 6.54 Å². The Morgan fingerprint density at radius 3 is 2.50 bits per heavy atom. The summed E-state index contributed by atoms with van der Waals surface area (Å²) in [4.78, 5) is 0. The van der Waals surface area contributed by atoms with Crippen LogP contribution in [0.5, 0.6) is 0 Å². The molecule has 0 amide bonds. The van der Waals surface area contributed by atoms with Crippen molar-refractivity contribution in [3.63, 3.8) is 0 Å². The van der Waals surface area contributed by atoms with Crippen molar-refractivity contribution in [2.45, 2.75) is 71.8 Å². The molecule has 1 aromatic carbocycles. The Bertz CT molecular complexity index is 376. The van der Waals surface area contributed by atoms with Gasteiger partial charge in [0.1, 0.15) is 0 Å². The molecule has 20 heavy (non-hydrogen) atoms. The zero-order valence-electron chi connectivity index (χ0n) is 13.3. The average molecular weight is 296 g/mol. The fraction of sp³-hybridized carbons (Fsp3) is 0.667. The SMILES string of the molecule is CCCCCCCC(NCCC)c1cccc(Cl)c1C. The highest BCUT2D eigenvalue weighted by atomic mass is 35.5. The van der Waals surface area contributed by atoms with Gasteiger partial charge < -0.3 is 5.32 Å². The van der Waals surface area contributed by atoms with E-state index >= 15 is 0 Å². The van der Waals surface area contributed by atoms with E-state index in [2.05, 4.69) is 38.2 Å². The van der Waals surface area contributed by atoms with E-state index in [1.54, 1.807) is 0 Å². The first-order chi connectivity index (χ1) is 9.70. The lowest BCUT2D eigenvalue weighted by Gasteiger charge is -2.21. The quantitative estimate of drug-likeness (QED) is 0.518. The summed E-state index contributed by atoms with van der Waals surface area (Å²) in [5.41, 5.74) is 2.61. The Labute approximate surface area is 130 Å². The molecule has 0 saturated heterocycles. The van der Waals surface area contributed by atoms with Crippen molar-refractivity contribution >= 4 is 11.6 Å². The van der Waals surface area contributed by atoms with Gasteiger partial charge in [0.25, 0.3) is 0 Å². The van der Waals surface area contributed by atoms with Gasteiger partial charge in [-0.25, -0.2) is 0 Å². The third kappa shape index (κ3) is 5.85. The molecule has 0 aliphatic rings. The molecule has 1 atom stereocenters. The van der Waals surface area contributed by atoms with E-state index < -0.39 is 0 Å². The zero-order valence-corrected chi connectivity index (χ0v) is 14.1. The van der Waals surface area contributed by atoms with Gasteiger partial charge in [0, 0.05) is 11.1 Å². The molecule has 0 fully saturated rings. The van der Waals surface area contributed by atoms with Crippen LogP contribution in [0.15, 0.2) is 18.2 Å². The maximum atomic E-state index is 6.27. The third-order valence-corrected chi connectivity index (χ3v) is 4.33. The van der Waals surface area contributed by atoms with Crippen LogP contribution >= 0.6 is 11.6 Å². The monoisotopic (exact) mass is 295 g/mol. The highest BCUT2D eigenvalue weighted by Gasteiger charge is 2.13. The second-order valence-electron chi connectivity index (χ2n) is 5.66. The van der Waals surface area contributed by atoms with Crippen molar-refractivity contribution < 1.29 is 0 Å². The van der Waals surface area contributed by atoms with Gasteiger partial charge in [-0.3, -0.25) is 0 Å². The highest BCUT2D eigenvalue weighted by Crippen LogP contribution is 2.27. The Kier molecular flexibility index (Phi) is 8.97. The molecule has 1 rings (SSSR count). The number of nitrogens with one attached hydrogen (secondary N) is 1. The number of unbranched alkanes of at least 4 members (excludes halogenated alkanes) is 4. The van der Waals surface area contributed by atoms with Gasteiger partial charge in [-0.1, -0.05) is 69.7 Å². The summed E-state index contributed by atoms with van der Waals surface area (Å²) in [7, 11) is 0. The Balaban J connectivity index is 2.61. The van der Waals surface area contributed by atoms with E-state index in [0.29, 0.717) is 6.04 Å². The Hall–Kier alpha value is -0.530. The lowest BCUT2D eigenvalue weighted by atomic mass is 9.96. The van der Waals surface area contributed by atoms with E-state index in [-0.39, 0.29) is 0 Å². The number of benzene rings is 1. The van der Waals surface area contributed by atoms with Crippen LogP contribution in [0.1, 0.15) is 76.0 Å². The molecule has 0 aliphatic heterocycles. The second-order valence-corrected chi connectivity index (χ2v) is 6.07. The molecule has 0 radical (unpaired) electrons. The topological polar surface area (TPSA) is 12.0 Å². The van der Waals surface area contributed by atoms with Gasteiger partial charge in [-0.05, 0) is 43.5 Å². The first-order valence-corrected chi connectivity index (χ1v) is 8.56. The first kappa shape index (κ1) is 17.5. The Morgan fingerprint density at radius 1 is 1.05 bits per heavy atom. The Morgan fingerprint density at radius 2 is 1.80 bits per heavy atom. The molecular weight excluding hydrogens is 266 g/mol. The van der Waals surface area contributed by atoms with Crippen molar-refractivity contribution in [3.8, 4) is 0 Å². The lowest BCUT2D eigenvalue weighted by molar-refractivity contribution is 0.466. The van der Waals surface area contributed by atoms with Crippen LogP contribution in [-0.2, 0) is 0 Å². The first-order valence-electron chi connectivity index (χ1n) is 8.19. The highest BCUT2D eigenvalue weighted by molar-refractivity contribution is 6.31. The smallest absolute Gasteiger partial charge is 0.0438 e. The van der Waals surface area contributed by atoms with E-state index in [9.17, 15) is 0 Å². The summed E-state index contributed by atoms with van der Waals surface area (Å²) in [6.07, 6.45) is 9.07. The van der Waals surface area contributed by atoms with E-state index in [4.69, 9.17) is 11.6 Å². The molecular formula is C18H30ClN. The van der Waals surface area contributed by atoms with Crippen molar-refractivity contribution in [1.82, 2.24) is 5.32 Å². The van der Waals surface area contributed by atoms with E-state index in [1.165, 1.54) is 56.1 Å². The summed E-state index contributed by atoms with van der Waals surface area (Å²) >= 11 is 6.27. The standard InChI is InChI=1S/C18H30ClN/c1-4-6-7-8-9-13-18(20-14-5-2)16-11-10-12-17(19)15(16)3/h10-12,18,20H,4-9,13-14H2,1-3H3. The summed E-state index contributed by atoms with van der Waals surface area (Å²) in [5.74, 6) is 0. The minimum absolute atomic E-state index is 0.454. The summed E-state index contributed by atoms with van der Waals surface area (Å²) in [6.45, 7) is 7.69. The maximum absolute atomic E-state index is 6.27. The molecule has 0 spiro atoms. The van der Waals surface area contributed by atoms with Crippen molar-refractivity contribution in [3.05, 3.63) is 34.3 Å². The molecule has 1 aromatic rings. The van der Waals surface area contributed by atoms with Crippen LogP contribution in [0.4, 0.5) is 0 Å². The van der Waals surface area contributed by atoms with Crippen LogP contribution < -0.4 is 5.32 Å².